The van der Waals surface area contributed by atoms with E-state index in [1.54, 1.807) is 12.4 Å². The molecule has 1 heterocycles. The van der Waals surface area contributed by atoms with E-state index in [4.69, 9.17) is 0 Å². The minimum atomic E-state index is 0.891. The van der Waals surface area contributed by atoms with Crippen LogP contribution < -0.4 is 5.32 Å². The van der Waals surface area contributed by atoms with Crippen molar-refractivity contribution < 1.29 is 0 Å². The molecule has 2 aromatic carbocycles. The number of hydrogen-bond acceptors (Lipinski definition) is 3. The predicted molar refractivity (Wildman–Crippen MR) is 69.3 cm³/mol. The number of nitrogens with zero attached hydrogens (tertiary/aromatic N) is 2. The summed E-state index contributed by atoms with van der Waals surface area (Å²) < 4.78 is 0. The van der Waals surface area contributed by atoms with Crippen molar-refractivity contribution in [2.24, 2.45) is 0 Å². The van der Waals surface area contributed by atoms with Crippen LogP contribution in [0.1, 0.15) is 0 Å². The number of fused-ring (bicyclic) bond motifs is 1. The van der Waals surface area contributed by atoms with Gasteiger partial charge in [0.1, 0.15) is 6.33 Å². The van der Waals surface area contributed by atoms with Crippen molar-refractivity contribution in [1.29, 1.82) is 0 Å². The molecule has 82 valence electrons. The first kappa shape index (κ1) is 9.78. The Morgan fingerprint density at radius 1 is 0.765 bits per heavy atom. The van der Waals surface area contributed by atoms with Gasteiger partial charge in [-0.25, -0.2) is 9.97 Å². The Hall–Kier alpha value is -2.42. The second kappa shape index (κ2) is 4.22. The highest BCUT2D eigenvalue weighted by molar-refractivity contribution is 5.86. The van der Waals surface area contributed by atoms with Gasteiger partial charge < -0.3 is 5.32 Å². The summed E-state index contributed by atoms with van der Waals surface area (Å²) in [5, 5.41) is 5.73. The van der Waals surface area contributed by atoms with Gasteiger partial charge in [-0.05, 0) is 22.9 Å². The number of aromatic nitrogens is 2. The molecule has 0 saturated carbocycles. The van der Waals surface area contributed by atoms with E-state index in [-0.39, 0.29) is 0 Å². The van der Waals surface area contributed by atoms with E-state index in [1.807, 2.05) is 12.1 Å². The van der Waals surface area contributed by atoms with Gasteiger partial charge >= 0.3 is 0 Å². The molecule has 0 fully saturated rings. The number of benzene rings is 2. The molecule has 3 nitrogen and oxygen atoms in total. The Balaban J connectivity index is 1.96. The molecular weight excluding hydrogens is 210 g/mol. The van der Waals surface area contributed by atoms with Crippen molar-refractivity contribution in [3.8, 4) is 0 Å². The summed E-state index contributed by atoms with van der Waals surface area (Å²) in [5.74, 6) is 0. The Morgan fingerprint density at radius 3 is 2.35 bits per heavy atom. The van der Waals surface area contributed by atoms with Crippen molar-refractivity contribution in [3.05, 3.63) is 61.2 Å². The molecular formula is C14H11N3. The molecule has 0 amide bonds. The summed E-state index contributed by atoms with van der Waals surface area (Å²) in [4.78, 5) is 7.94. The average Bonchev–Trinajstić information content (AvgIpc) is 2.40. The van der Waals surface area contributed by atoms with Gasteiger partial charge in [0, 0.05) is 5.69 Å². The highest BCUT2D eigenvalue weighted by atomic mass is 14.9. The highest BCUT2D eigenvalue weighted by Gasteiger charge is 1.96. The fourth-order valence-electron chi connectivity index (χ4n) is 1.80. The predicted octanol–water partition coefficient (Wildman–Crippen LogP) is 3.37. The van der Waals surface area contributed by atoms with Crippen LogP contribution in [0.5, 0.6) is 0 Å². The highest BCUT2D eigenvalue weighted by Crippen LogP contribution is 2.21. The molecule has 3 rings (SSSR count). The fourth-order valence-corrected chi connectivity index (χ4v) is 1.80. The maximum Gasteiger partial charge on any atom is 0.115 e. The second-order valence-corrected chi connectivity index (χ2v) is 3.81. The number of rotatable bonds is 2. The molecule has 1 N–H and O–H groups in total. The van der Waals surface area contributed by atoms with E-state index in [0.29, 0.717) is 0 Å². The number of anilines is 2. The van der Waals surface area contributed by atoms with E-state index in [9.17, 15) is 0 Å². The van der Waals surface area contributed by atoms with Gasteiger partial charge in [-0.1, -0.05) is 30.3 Å². The first-order valence-corrected chi connectivity index (χ1v) is 5.43. The number of hydrogen-bond donors (Lipinski definition) is 1. The Bertz CT molecular complexity index is 635. The van der Waals surface area contributed by atoms with Crippen LogP contribution in [0.15, 0.2) is 61.2 Å². The quantitative estimate of drug-likeness (QED) is 0.721. The Morgan fingerprint density at radius 2 is 1.53 bits per heavy atom. The van der Waals surface area contributed by atoms with Gasteiger partial charge in [0.2, 0.25) is 0 Å². The molecule has 3 heteroatoms. The molecule has 3 aromatic rings. The third-order valence-electron chi connectivity index (χ3n) is 2.60. The molecule has 0 aliphatic carbocycles. The molecule has 0 saturated heterocycles. The molecule has 1 aromatic heterocycles. The molecule has 17 heavy (non-hydrogen) atoms. The third-order valence-corrected chi connectivity index (χ3v) is 2.60. The van der Waals surface area contributed by atoms with Crippen LogP contribution in [0, 0.1) is 0 Å². The zero-order chi connectivity index (χ0) is 11.5. The van der Waals surface area contributed by atoms with E-state index in [1.165, 1.54) is 17.1 Å². The van der Waals surface area contributed by atoms with Gasteiger partial charge in [0.25, 0.3) is 0 Å². The van der Waals surface area contributed by atoms with Gasteiger partial charge in [-0.2, -0.15) is 0 Å². The first-order valence-electron chi connectivity index (χ1n) is 5.43. The van der Waals surface area contributed by atoms with Gasteiger partial charge in [0.05, 0.1) is 18.1 Å². The summed E-state index contributed by atoms with van der Waals surface area (Å²) in [6.45, 7) is 0. The van der Waals surface area contributed by atoms with Crippen LogP contribution in [0.25, 0.3) is 10.8 Å². The van der Waals surface area contributed by atoms with Crippen LogP contribution in [0.4, 0.5) is 11.4 Å². The van der Waals surface area contributed by atoms with Gasteiger partial charge in [0.15, 0.2) is 0 Å². The van der Waals surface area contributed by atoms with Crippen LogP contribution in [-0.4, -0.2) is 9.97 Å². The lowest BCUT2D eigenvalue weighted by Gasteiger charge is -2.06. The standard InChI is InChI=1S/C14H11N3/c1-2-4-12-7-13(6-5-11(12)3-1)17-14-8-15-10-16-9-14/h1-10,17H. The fraction of sp³-hybridized carbons (Fsp3) is 0. The van der Waals surface area contributed by atoms with Crippen molar-refractivity contribution in [1.82, 2.24) is 9.97 Å². The summed E-state index contributed by atoms with van der Waals surface area (Å²) in [6.07, 6.45) is 5.02. The summed E-state index contributed by atoms with van der Waals surface area (Å²) >= 11 is 0. The molecule has 0 aliphatic rings. The van der Waals surface area contributed by atoms with Crippen molar-refractivity contribution >= 4 is 22.1 Å². The average molecular weight is 221 g/mol. The van der Waals surface area contributed by atoms with E-state index in [2.05, 4.69) is 45.6 Å². The van der Waals surface area contributed by atoms with Crippen molar-refractivity contribution in [3.63, 3.8) is 0 Å². The minimum absolute atomic E-state index is 0.891. The van der Waals surface area contributed by atoms with Gasteiger partial charge in [-0.15, -0.1) is 0 Å². The van der Waals surface area contributed by atoms with Crippen LogP contribution in [0.3, 0.4) is 0 Å². The normalized spacial score (nSPS) is 10.4. The monoisotopic (exact) mass is 221 g/mol. The van der Waals surface area contributed by atoms with Crippen LogP contribution >= 0.6 is 0 Å². The van der Waals surface area contributed by atoms with Crippen molar-refractivity contribution in [2.75, 3.05) is 5.32 Å². The smallest absolute Gasteiger partial charge is 0.115 e. The van der Waals surface area contributed by atoms with Crippen LogP contribution in [0.2, 0.25) is 0 Å². The van der Waals surface area contributed by atoms with Crippen LogP contribution in [-0.2, 0) is 0 Å². The maximum absolute atomic E-state index is 3.97. The molecule has 0 unspecified atom stereocenters. The van der Waals surface area contributed by atoms with E-state index in [0.717, 1.165) is 11.4 Å². The van der Waals surface area contributed by atoms with Gasteiger partial charge in [-0.3, -0.25) is 0 Å². The molecule has 0 atom stereocenters. The first-order chi connectivity index (χ1) is 8.42. The Labute approximate surface area is 99.2 Å². The zero-order valence-electron chi connectivity index (χ0n) is 9.17. The molecule has 0 spiro atoms. The molecule has 0 radical (unpaired) electrons. The lowest BCUT2D eigenvalue weighted by atomic mass is 10.1. The largest absolute Gasteiger partial charge is 0.353 e. The van der Waals surface area contributed by atoms with Crippen molar-refractivity contribution in [2.45, 2.75) is 0 Å². The lowest BCUT2D eigenvalue weighted by molar-refractivity contribution is 1.17. The summed E-state index contributed by atoms with van der Waals surface area (Å²) in [5.41, 5.74) is 1.93. The SMILES string of the molecule is c1ccc2cc(Nc3cncnc3)ccc2c1. The lowest BCUT2D eigenvalue weighted by Crippen LogP contribution is -1.91. The van der Waals surface area contributed by atoms with E-state index < -0.39 is 0 Å². The summed E-state index contributed by atoms with van der Waals surface area (Å²) in [7, 11) is 0. The minimum Gasteiger partial charge on any atom is -0.353 e. The second-order valence-electron chi connectivity index (χ2n) is 3.81. The Kier molecular flexibility index (Phi) is 2.43. The maximum atomic E-state index is 3.97. The molecule has 0 bridgehead atoms. The third kappa shape index (κ3) is 2.08. The molecule has 0 aliphatic heterocycles. The zero-order valence-corrected chi connectivity index (χ0v) is 9.17. The summed E-state index contributed by atoms with van der Waals surface area (Å²) in [6, 6.07) is 14.5. The van der Waals surface area contributed by atoms with E-state index >= 15 is 0 Å². The topological polar surface area (TPSA) is 37.8 Å². The number of nitrogens with one attached hydrogen (secondary N) is 1.